The first-order valence-electron chi connectivity index (χ1n) is 6.81. The molecule has 2 heteroatoms. The van der Waals surface area contributed by atoms with Crippen LogP contribution in [0.15, 0.2) is 18.2 Å². The van der Waals surface area contributed by atoms with Crippen LogP contribution in [0.5, 0.6) is 5.75 Å². The molecule has 1 atom stereocenters. The quantitative estimate of drug-likeness (QED) is 0.794. The Balaban J connectivity index is 2.57. The third kappa shape index (κ3) is 2.53. The smallest absolute Gasteiger partial charge is 0.126 e. The maximum atomic E-state index is 5.83. The minimum atomic E-state index is 0.570. The maximum Gasteiger partial charge on any atom is 0.126 e. The van der Waals surface area contributed by atoms with Crippen LogP contribution in [-0.2, 0) is 4.74 Å². The average molecular weight is 246 g/mol. The summed E-state index contributed by atoms with van der Waals surface area (Å²) in [6.07, 6.45) is 5.77. The second-order valence-electron chi connectivity index (χ2n) is 4.70. The molecule has 2 rings (SSSR count). The van der Waals surface area contributed by atoms with E-state index in [1.165, 1.54) is 23.3 Å². The zero-order valence-corrected chi connectivity index (χ0v) is 11.5. The Hall–Kier alpha value is -1.44. The van der Waals surface area contributed by atoms with Crippen LogP contribution in [0.2, 0.25) is 0 Å². The van der Waals surface area contributed by atoms with Crippen LogP contribution in [-0.4, -0.2) is 13.7 Å². The molecule has 0 bridgehead atoms. The van der Waals surface area contributed by atoms with Gasteiger partial charge in [-0.15, -0.1) is 0 Å². The van der Waals surface area contributed by atoms with Gasteiger partial charge in [-0.3, -0.25) is 0 Å². The monoisotopic (exact) mass is 246 g/mol. The molecule has 1 aromatic rings. The standard InChI is InChI=1S/C16H22O2/c1-4-7-12-10-14-13(16(11-12)18-5-2)8-6-9-15(14)17-3/h6,8-10,12H,4-5,7,11H2,1-3H3. The Kier molecular flexibility index (Phi) is 4.29. The van der Waals surface area contributed by atoms with Crippen molar-refractivity contribution in [3.8, 4) is 5.75 Å². The summed E-state index contributed by atoms with van der Waals surface area (Å²) in [7, 11) is 1.73. The summed E-state index contributed by atoms with van der Waals surface area (Å²) in [4.78, 5) is 0. The molecule has 0 aromatic heterocycles. The molecule has 0 saturated heterocycles. The second kappa shape index (κ2) is 5.94. The largest absolute Gasteiger partial charge is 0.498 e. The van der Waals surface area contributed by atoms with Gasteiger partial charge in [-0.2, -0.15) is 0 Å². The fourth-order valence-electron chi connectivity index (χ4n) is 2.65. The number of methoxy groups -OCH3 is 1. The molecule has 0 saturated carbocycles. The van der Waals surface area contributed by atoms with E-state index < -0.39 is 0 Å². The number of hydrogen-bond acceptors (Lipinski definition) is 2. The normalized spacial score (nSPS) is 17.9. The number of benzene rings is 1. The fraction of sp³-hybridized carbons (Fsp3) is 0.500. The van der Waals surface area contributed by atoms with Crippen molar-refractivity contribution in [2.45, 2.75) is 33.1 Å². The molecule has 1 aliphatic rings. The summed E-state index contributed by atoms with van der Waals surface area (Å²) in [5.74, 6) is 2.64. The lowest BCUT2D eigenvalue weighted by atomic mass is 9.92. The van der Waals surface area contributed by atoms with E-state index in [1.807, 2.05) is 19.1 Å². The zero-order chi connectivity index (χ0) is 13.0. The van der Waals surface area contributed by atoms with Gasteiger partial charge in [0.15, 0.2) is 0 Å². The minimum Gasteiger partial charge on any atom is -0.498 e. The van der Waals surface area contributed by atoms with Crippen LogP contribution in [0.4, 0.5) is 0 Å². The molecule has 1 unspecified atom stereocenters. The van der Waals surface area contributed by atoms with Crippen molar-refractivity contribution >= 4 is 11.8 Å². The molecule has 2 nitrogen and oxygen atoms in total. The van der Waals surface area contributed by atoms with Gasteiger partial charge in [-0.05, 0) is 25.3 Å². The van der Waals surface area contributed by atoms with Crippen molar-refractivity contribution in [3.63, 3.8) is 0 Å². The Morgan fingerprint density at radius 1 is 1.28 bits per heavy atom. The maximum absolute atomic E-state index is 5.83. The fourth-order valence-corrected chi connectivity index (χ4v) is 2.65. The summed E-state index contributed by atoms with van der Waals surface area (Å²) in [5.41, 5.74) is 0. The Morgan fingerprint density at radius 2 is 2.11 bits per heavy atom. The molecule has 18 heavy (non-hydrogen) atoms. The third-order valence-corrected chi connectivity index (χ3v) is 3.41. The van der Waals surface area contributed by atoms with Crippen molar-refractivity contribution < 1.29 is 9.47 Å². The summed E-state index contributed by atoms with van der Waals surface area (Å²) >= 11 is 0. The topological polar surface area (TPSA) is 18.5 Å². The lowest BCUT2D eigenvalue weighted by Gasteiger charge is -2.20. The number of fused-ring (bicyclic) bond motifs is 1. The van der Waals surface area contributed by atoms with Gasteiger partial charge in [0, 0.05) is 16.9 Å². The molecule has 1 aromatic carbocycles. The molecule has 1 aliphatic carbocycles. The van der Waals surface area contributed by atoms with E-state index >= 15 is 0 Å². The van der Waals surface area contributed by atoms with Gasteiger partial charge in [0.2, 0.25) is 0 Å². The highest BCUT2D eigenvalue weighted by molar-refractivity contribution is 5.51. The van der Waals surface area contributed by atoms with Gasteiger partial charge in [0.1, 0.15) is 11.5 Å². The highest BCUT2D eigenvalue weighted by Gasteiger charge is 2.16. The van der Waals surface area contributed by atoms with E-state index in [4.69, 9.17) is 9.47 Å². The van der Waals surface area contributed by atoms with E-state index in [9.17, 15) is 0 Å². The Morgan fingerprint density at radius 3 is 2.78 bits per heavy atom. The van der Waals surface area contributed by atoms with Gasteiger partial charge in [0.05, 0.1) is 13.7 Å². The molecule has 0 amide bonds. The van der Waals surface area contributed by atoms with E-state index in [0.29, 0.717) is 5.92 Å². The summed E-state index contributed by atoms with van der Waals surface area (Å²) in [6.45, 7) is 5.00. The van der Waals surface area contributed by atoms with Gasteiger partial charge in [-0.25, -0.2) is 0 Å². The van der Waals surface area contributed by atoms with Crippen LogP contribution in [0, 0.1) is 5.92 Å². The van der Waals surface area contributed by atoms with Crippen molar-refractivity contribution in [2.24, 2.45) is 5.92 Å². The lowest BCUT2D eigenvalue weighted by molar-refractivity contribution is 0.273. The van der Waals surface area contributed by atoms with E-state index in [1.54, 1.807) is 7.11 Å². The van der Waals surface area contributed by atoms with Crippen molar-refractivity contribution in [2.75, 3.05) is 13.7 Å². The Bertz CT molecular complexity index is 516. The molecule has 0 heterocycles. The summed E-state index contributed by atoms with van der Waals surface area (Å²) in [6, 6.07) is 6.18. The molecular formula is C16H22O2. The van der Waals surface area contributed by atoms with Gasteiger partial charge >= 0.3 is 0 Å². The molecule has 0 fully saturated rings. The van der Waals surface area contributed by atoms with E-state index in [2.05, 4.69) is 19.1 Å². The highest BCUT2D eigenvalue weighted by Crippen LogP contribution is 2.22. The lowest BCUT2D eigenvalue weighted by Crippen LogP contribution is -2.34. The summed E-state index contributed by atoms with van der Waals surface area (Å²) < 4.78 is 11.3. The molecule has 0 N–H and O–H groups in total. The number of hydrogen-bond donors (Lipinski definition) is 0. The molecule has 98 valence electrons. The van der Waals surface area contributed by atoms with E-state index in [0.717, 1.165) is 24.5 Å². The zero-order valence-electron chi connectivity index (χ0n) is 11.5. The first kappa shape index (κ1) is 13.0. The van der Waals surface area contributed by atoms with Gasteiger partial charge in [0.25, 0.3) is 0 Å². The molecule has 0 radical (unpaired) electrons. The SMILES string of the molecule is CCCC1C=c2c(OC)cccc2=C(OCC)C1. The first-order chi connectivity index (χ1) is 8.80. The van der Waals surface area contributed by atoms with Crippen LogP contribution in [0.1, 0.15) is 33.1 Å². The van der Waals surface area contributed by atoms with E-state index in [-0.39, 0.29) is 0 Å². The predicted molar refractivity (Wildman–Crippen MR) is 74.8 cm³/mol. The third-order valence-electron chi connectivity index (χ3n) is 3.41. The van der Waals surface area contributed by atoms with Crippen LogP contribution >= 0.6 is 0 Å². The predicted octanol–water partition coefficient (Wildman–Crippen LogP) is 2.44. The number of ether oxygens (including phenoxy) is 2. The highest BCUT2D eigenvalue weighted by atomic mass is 16.5. The average Bonchev–Trinajstić information content (AvgIpc) is 2.39. The second-order valence-corrected chi connectivity index (χ2v) is 4.70. The minimum absolute atomic E-state index is 0.570. The molecular weight excluding hydrogens is 224 g/mol. The van der Waals surface area contributed by atoms with Gasteiger partial charge < -0.3 is 9.47 Å². The first-order valence-corrected chi connectivity index (χ1v) is 6.81. The Labute approximate surface area is 109 Å². The van der Waals surface area contributed by atoms with Crippen molar-refractivity contribution in [1.82, 2.24) is 0 Å². The van der Waals surface area contributed by atoms with Crippen LogP contribution in [0.3, 0.4) is 0 Å². The van der Waals surface area contributed by atoms with Crippen LogP contribution < -0.4 is 15.2 Å². The number of rotatable bonds is 5. The van der Waals surface area contributed by atoms with Gasteiger partial charge in [-0.1, -0.05) is 31.6 Å². The van der Waals surface area contributed by atoms with Crippen molar-refractivity contribution in [1.29, 1.82) is 0 Å². The summed E-state index contributed by atoms with van der Waals surface area (Å²) in [5, 5.41) is 2.40. The van der Waals surface area contributed by atoms with Crippen molar-refractivity contribution in [3.05, 3.63) is 28.6 Å². The van der Waals surface area contributed by atoms with Crippen LogP contribution in [0.25, 0.3) is 11.8 Å². The molecule has 0 spiro atoms. The molecule has 0 aliphatic heterocycles.